The Balaban J connectivity index is 1.87. The van der Waals surface area contributed by atoms with Crippen LogP contribution in [0.5, 0.6) is 0 Å². The summed E-state index contributed by atoms with van der Waals surface area (Å²) in [7, 11) is 0. The first-order valence-electron chi connectivity index (χ1n) is 5.14. The van der Waals surface area contributed by atoms with Crippen molar-refractivity contribution in [3.63, 3.8) is 0 Å². The van der Waals surface area contributed by atoms with E-state index in [1.165, 1.54) is 11.3 Å². The molecule has 0 radical (unpaired) electrons. The minimum absolute atomic E-state index is 0.242. The Morgan fingerprint density at radius 1 is 1.62 bits per heavy atom. The summed E-state index contributed by atoms with van der Waals surface area (Å²) in [6.07, 6.45) is 1.60. The quantitative estimate of drug-likeness (QED) is 0.816. The molecule has 0 bridgehead atoms. The molecule has 0 aliphatic carbocycles. The average Bonchev–Trinajstić information content (AvgIpc) is 2.67. The van der Waals surface area contributed by atoms with Gasteiger partial charge in [-0.2, -0.15) is 0 Å². The number of hydrogen-bond donors (Lipinski definition) is 2. The van der Waals surface area contributed by atoms with Crippen molar-refractivity contribution in [2.45, 2.75) is 25.4 Å². The van der Waals surface area contributed by atoms with Gasteiger partial charge < -0.3 is 5.32 Å². The van der Waals surface area contributed by atoms with Crippen LogP contribution in [0, 0.1) is 0 Å². The van der Waals surface area contributed by atoms with Gasteiger partial charge in [0, 0.05) is 18.0 Å². The third kappa shape index (κ3) is 2.74. The molecule has 1 atom stereocenters. The van der Waals surface area contributed by atoms with Crippen LogP contribution < -0.4 is 5.32 Å². The van der Waals surface area contributed by atoms with Gasteiger partial charge in [-0.05, 0) is 25.0 Å². The number of hydroxylamine groups is 2. The molecule has 0 spiro atoms. The predicted octanol–water partition coefficient (Wildman–Crippen LogP) is 1.87. The first kappa shape index (κ1) is 11.9. The van der Waals surface area contributed by atoms with E-state index in [1.807, 2.05) is 12.1 Å². The molecule has 1 unspecified atom stereocenters. The Hall–Kier alpha value is -0.620. The molecule has 1 amide bonds. The van der Waals surface area contributed by atoms with Crippen molar-refractivity contribution in [1.29, 1.82) is 0 Å². The number of carbonyl (C=O) groups excluding carboxylic acids is 1. The Bertz CT molecular complexity index is 383. The number of amides is 1. The van der Waals surface area contributed by atoms with Gasteiger partial charge >= 0.3 is 0 Å². The van der Waals surface area contributed by atoms with Gasteiger partial charge in [0.2, 0.25) is 0 Å². The van der Waals surface area contributed by atoms with Crippen molar-refractivity contribution in [2.24, 2.45) is 0 Å². The van der Waals surface area contributed by atoms with Crippen molar-refractivity contribution >= 4 is 28.8 Å². The summed E-state index contributed by atoms with van der Waals surface area (Å²) < 4.78 is 0.746. The van der Waals surface area contributed by atoms with E-state index in [0.717, 1.165) is 27.1 Å². The number of piperidine rings is 1. The molecule has 0 saturated carbocycles. The molecule has 2 rings (SSSR count). The number of nitrogens with one attached hydrogen (secondary N) is 1. The Morgan fingerprint density at radius 2 is 2.44 bits per heavy atom. The third-order valence-corrected chi connectivity index (χ3v) is 3.80. The van der Waals surface area contributed by atoms with E-state index in [2.05, 4.69) is 5.32 Å². The highest BCUT2D eigenvalue weighted by molar-refractivity contribution is 7.16. The number of thiophene rings is 1. The smallest absolute Gasteiger partial charge is 0.263 e. The van der Waals surface area contributed by atoms with E-state index in [1.54, 1.807) is 0 Å². The molecule has 1 aliphatic heterocycles. The van der Waals surface area contributed by atoms with Crippen molar-refractivity contribution in [1.82, 2.24) is 10.4 Å². The molecule has 1 aliphatic rings. The number of carbonyl (C=O) groups is 1. The fraction of sp³-hybridized carbons (Fsp3) is 0.500. The lowest BCUT2D eigenvalue weighted by Gasteiger charge is -2.27. The predicted molar refractivity (Wildman–Crippen MR) is 62.7 cm³/mol. The highest BCUT2D eigenvalue weighted by Crippen LogP contribution is 2.21. The Kier molecular flexibility index (Phi) is 3.81. The van der Waals surface area contributed by atoms with Gasteiger partial charge in [-0.15, -0.1) is 11.3 Å². The Labute approximate surface area is 103 Å². The lowest BCUT2D eigenvalue weighted by molar-refractivity contribution is -0.172. The molecule has 16 heavy (non-hydrogen) atoms. The summed E-state index contributed by atoms with van der Waals surface area (Å²) in [5, 5.41) is 13.2. The van der Waals surface area contributed by atoms with E-state index < -0.39 is 0 Å². The Morgan fingerprint density at radius 3 is 3.12 bits per heavy atom. The van der Waals surface area contributed by atoms with Gasteiger partial charge in [0.15, 0.2) is 0 Å². The molecule has 1 fully saturated rings. The molecule has 0 aromatic carbocycles. The van der Waals surface area contributed by atoms with E-state index in [9.17, 15) is 10.0 Å². The van der Waals surface area contributed by atoms with E-state index >= 15 is 0 Å². The molecule has 4 nitrogen and oxygen atoms in total. The molecule has 1 aromatic rings. The van der Waals surface area contributed by atoms with E-state index in [0.29, 0.717) is 13.1 Å². The van der Waals surface area contributed by atoms with Gasteiger partial charge in [-0.25, -0.2) is 5.06 Å². The molecule has 1 saturated heterocycles. The highest BCUT2D eigenvalue weighted by atomic mass is 35.5. The molecule has 2 heterocycles. The fourth-order valence-corrected chi connectivity index (χ4v) is 2.76. The van der Waals surface area contributed by atoms with Crippen molar-refractivity contribution < 1.29 is 10.0 Å². The zero-order valence-electron chi connectivity index (χ0n) is 8.65. The van der Waals surface area contributed by atoms with Crippen LogP contribution in [0.1, 0.15) is 17.7 Å². The van der Waals surface area contributed by atoms with Gasteiger partial charge in [0.1, 0.15) is 0 Å². The van der Waals surface area contributed by atoms with Gasteiger partial charge in [0.25, 0.3) is 5.91 Å². The third-order valence-electron chi connectivity index (χ3n) is 2.57. The van der Waals surface area contributed by atoms with E-state index in [-0.39, 0.29) is 11.9 Å². The van der Waals surface area contributed by atoms with Crippen molar-refractivity contribution in [2.75, 3.05) is 6.54 Å². The van der Waals surface area contributed by atoms with Crippen LogP contribution in [0.4, 0.5) is 0 Å². The number of rotatable bonds is 3. The monoisotopic (exact) mass is 260 g/mol. The second kappa shape index (κ2) is 5.14. The summed E-state index contributed by atoms with van der Waals surface area (Å²) in [5.41, 5.74) is 0. The van der Waals surface area contributed by atoms with Gasteiger partial charge in [-0.3, -0.25) is 10.0 Å². The summed E-state index contributed by atoms with van der Waals surface area (Å²) in [6, 6.07) is 3.49. The lowest BCUT2D eigenvalue weighted by Crippen LogP contribution is -2.48. The number of hydrogen-bond acceptors (Lipinski definition) is 4. The van der Waals surface area contributed by atoms with Crippen molar-refractivity contribution in [3.8, 4) is 0 Å². The minimum atomic E-state index is -0.278. The largest absolute Gasteiger partial charge is 0.301 e. The summed E-state index contributed by atoms with van der Waals surface area (Å²) in [6.45, 7) is 1.05. The average molecular weight is 261 g/mol. The maximum atomic E-state index is 11.5. The molecular formula is C10H13ClN2O2S. The molecular weight excluding hydrogens is 248 g/mol. The molecule has 2 N–H and O–H groups in total. The maximum absolute atomic E-state index is 11.5. The number of halogens is 1. The van der Waals surface area contributed by atoms with Crippen LogP contribution in [0.3, 0.4) is 0 Å². The van der Waals surface area contributed by atoms with Crippen LogP contribution in [-0.2, 0) is 11.3 Å². The number of nitrogens with zero attached hydrogens (tertiary/aromatic N) is 1. The fourth-order valence-electron chi connectivity index (χ4n) is 1.72. The second-order valence-electron chi connectivity index (χ2n) is 3.74. The van der Waals surface area contributed by atoms with Crippen molar-refractivity contribution in [3.05, 3.63) is 21.3 Å². The summed E-state index contributed by atoms with van der Waals surface area (Å²) >= 11 is 7.30. The second-order valence-corrected chi connectivity index (χ2v) is 5.54. The minimum Gasteiger partial charge on any atom is -0.301 e. The SMILES string of the molecule is O=C1C(NCc2ccc(Cl)s2)CCCN1O. The lowest BCUT2D eigenvalue weighted by atomic mass is 10.1. The topological polar surface area (TPSA) is 52.6 Å². The zero-order valence-corrected chi connectivity index (χ0v) is 10.2. The van der Waals surface area contributed by atoms with Crippen LogP contribution in [0.15, 0.2) is 12.1 Å². The normalized spacial score (nSPS) is 21.5. The molecule has 1 aromatic heterocycles. The van der Waals surface area contributed by atoms with Crippen LogP contribution in [-0.4, -0.2) is 28.8 Å². The van der Waals surface area contributed by atoms with E-state index in [4.69, 9.17) is 11.6 Å². The maximum Gasteiger partial charge on any atom is 0.263 e. The summed E-state index contributed by atoms with van der Waals surface area (Å²) in [4.78, 5) is 12.6. The first-order chi connectivity index (χ1) is 7.66. The zero-order chi connectivity index (χ0) is 11.5. The first-order valence-corrected chi connectivity index (χ1v) is 6.34. The van der Waals surface area contributed by atoms with Gasteiger partial charge in [0.05, 0.1) is 10.4 Å². The summed E-state index contributed by atoms with van der Waals surface area (Å²) in [5.74, 6) is -0.242. The van der Waals surface area contributed by atoms with Crippen LogP contribution >= 0.6 is 22.9 Å². The van der Waals surface area contributed by atoms with Crippen LogP contribution in [0.25, 0.3) is 0 Å². The standard InChI is InChI=1S/C10H13ClN2O2S/c11-9-4-3-7(16-9)6-12-8-2-1-5-13(15)10(8)14/h3-4,8,12,15H,1-2,5-6H2. The molecule has 6 heteroatoms. The van der Waals surface area contributed by atoms with Gasteiger partial charge in [-0.1, -0.05) is 11.6 Å². The molecule has 88 valence electrons. The highest BCUT2D eigenvalue weighted by Gasteiger charge is 2.27. The van der Waals surface area contributed by atoms with Crippen LogP contribution in [0.2, 0.25) is 4.34 Å².